The number of esters is 5. The zero-order chi connectivity index (χ0) is 100. The molecule has 8 bridgehead atoms. The summed E-state index contributed by atoms with van der Waals surface area (Å²) in [4.78, 5) is 71.3. The molecule has 5 atom stereocenters. The minimum absolute atomic E-state index is 0.0146. The molecule has 0 aliphatic heterocycles. The summed E-state index contributed by atoms with van der Waals surface area (Å²) in [5.41, 5.74) is -3.85. The summed E-state index contributed by atoms with van der Waals surface area (Å²) >= 11 is 0. The lowest BCUT2D eigenvalue weighted by atomic mass is 9.48. The van der Waals surface area contributed by atoms with Gasteiger partial charge in [0.2, 0.25) is 0 Å². The van der Waals surface area contributed by atoms with E-state index in [9.17, 15) is 116 Å². The van der Waals surface area contributed by atoms with Crippen LogP contribution in [0.15, 0.2) is 347 Å². The van der Waals surface area contributed by atoms with Crippen molar-refractivity contribution in [3.8, 4) is 5.75 Å². The Morgan fingerprint density at radius 2 is 0.606 bits per heavy atom. The summed E-state index contributed by atoms with van der Waals surface area (Å²) in [7, 11) is -19.5. The molecule has 0 amide bonds. The van der Waals surface area contributed by atoms with Crippen LogP contribution in [0.1, 0.15) is 105 Å². The fourth-order valence-corrected chi connectivity index (χ4v) is 25.5. The van der Waals surface area contributed by atoms with Gasteiger partial charge in [-0.25, -0.2) is 39.6 Å². The summed E-state index contributed by atoms with van der Waals surface area (Å²) < 4.78 is 281. The molecular weight excluding hydrogens is 1930 g/mol. The Kier molecular flexibility index (Phi) is 36.0. The summed E-state index contributed by atoms with van der Waals surface area (Å²) in [6.07, 6.45) is -18.6. The van der Waals surface area contributed by atoms with Gasteiger partial charge >= 0.3 is 58.0 Å². The van der Waals surface area contributed by atoms with Gasteiger partial charge in [0.25, 0.3) is 12.2 Å². The van der Waals surface area contributed by atoms with Crippen molar-refractivity contribution in [1.82, 2.24) is 0 Å². The first kappa shape index (κ1) is 108. The molecule has 8 aliphatic rings. The fourth-order valence-electron chi connectivity index (χ4n) is 17.9. The van der Waals surface area contributed by atoms with E-state index in [1.807, 2.05) is 24.3 Å². The maximum Gasteiger partial charge on any atom is 0.432 e. The number of carbonyl (C=O) groups excluding carboxylic acids is 5. The van der Waals surface area contributed by atoms with Crippen molar-refractivity contribution < 1.29 is 144 Å². The standard InChI is InChI=1S/C24H23O3S.C18H21F5O7S.2C18H15S.C14H17F5O5S.C7H10F2O5S/c1-19(2)24(25)27-18-17-26-20-13-15-23(16-14-20)28(21-9-5-3-6-10-21)22-11-7-4-8-12-22;1-9(2)12(24)30-16-6-10-3-11(7-16)5-15(4-10,8-16)14(25)29-13(17(19,20)21)18(22,23)31(26,27)28;2*1-4-10-16(11-5-1)19(17-12-6-2-7-13-17)18-14-8-3-9-15-18;15-13(16,17)10(14(18,19)25(21,22)23)24-11(20)12-4-7-1-8(5-12)3-9(2-7)6-12;1-4(2)6(10)14-5(3)7(8,9)15(11,12)13/h3-16H,1,17-18H2,2H3;10-11,13H,1,3-8H2,2H3,(H,26,27,28);2*1-15H;7-10H,1-6H2,(H,21,22,23);5H,1H2,2-3H3,(H,11,12,13)/q+1;;2*+1;;/p-3. The first-order valence-corrected chi connectivity index (χ1v) is 50.6. The molecule has 0 spiro atoms. The zero-order valence-corrected chi connectivity index (χ0v) is 79.1. The van der Waals surface area contributed by atoms with Gasteiger partial charge in [-0.3, -0.25) is 9.59 Å². The summed E-state index contributed by atoms with van der Waals surface area (Å²) in [5, 5.41) is -16.4. The number of rotatable bonds is 28. The van der Waals surface area contributed by atoms with Crippen molar-refractivity contribution in [2.24, 2.45) is 40.4 Å². The van der Waals surface area contributed by atoms with E-state index in [0.29, 0.717) is 38.4 Å². The molecule has 8 aliphatic carbocycles. The van der Waals surface area contributed by atoms with Crippen LogP contribution in [0.3, 0.4) is 0 Å². The Morgan fingerprint density at radius 3 is 0.869 bits per heavy atom. The molecule has 9 aromatic carbocycles. The Morgan fingerprint density at radius 1 is 0.350 bits per heavy atom. The van der Waals surface area contributed by atoms with Gasteiger partial charge in [0, 0.05) is 23.1 Å². The van der Waals surface area contributed by atoms with Crippen LogP contribution in [0.2, 0.25) is 0 Å². The van der Waals surface area contributed by atoms with E-state index in [1.54, 1.807) is 6.92 Å². The highest BCUT2D eigenvalue weighted by molar-refractivity contribution is 7.97. The molecule has 734 valence electrons. The van der Waals surface area contributed by atoms with E-state index in [1.165, 1.54) is 57.9 Å². The molecule has 0 aromatic heterocycles. The number of hydrogen-bond donors (Lipinski definition) is 0. The topological polar surface area (TPSA) is 312 Å². The second kappa shape index (κ2) is 45.5. The molecule has 5 unspecified atom stereocenters. The highest BCUT2D eigenvalue weighted by atomic mass is 32.2. The molecular formula is C99H98F12O20S6. The molecule has 0 saturated heterocycles. The monoisotopic (exact) mass is 2030 g/mol. The van der Waals surface area contributed by atoms with Gasteiger partial charge < -0.3 is 42.1 Å². The average molecular weight is 2030 g/mol. The average Bonchev–Trinajstić information content (AvgIpc) is 0.712. The van der Waals surface area contributed by atoms with Crippen LogP contribution in [-0.2, 0) is 111 Å². The van der Waals surface area contributed by atoms with Crippen molar-refractivity contribution in [3.05, 3.63) is 303 Å². The quantitative estimate of drug-likeness (QED) is 0.00836. The van der Waals surface area contributed by atoms with Crippen LogP contribution in [0.4, 0.5) is 52.7 Å². The van der Waals surface area contributed by atoms with Gasteiger partial charge in [-0.05, 0) is 249 Å². The van der Waals surface area contributed by atoms with Gasteiger partial charge in [-0.15, -0.1) is 0 Å². The molecule has 20 nitrogen and oxygen atoms in total. The number of halogens is 12. The summed E-state index contributed by atoms with van der Waals surface area (Å²) in [5.74, 6) is -4.78. The Balaban J connectivity index is 0.000000172. The van der Waals surface area contributed by atoms with Crippen LogP contribution in [0, 0.1) is 40.4 Å². The third kappa shape index (κ3) is 27.9. The molecule has 137 heavy (non-hydrogen) atoms. The lowest BCUT2D eigenvalue weighted by molar-refractivity contribution is -0.269. The zero-order valence-electron chi connectivity index (χ0n) is 74.2. The van der Waals surface area contributed by atoms with E-state index >= 15 is 0 Å². The van der Waals surface area contributed by atoms with E-state index < -0.39 is 123 Å². The van der Waals surface area contributed by atoms with Crippen LogP contribution < -0.4 is 4.74 Å². The first-order chi connectivity index (χ1) is 64.2. The number of benzene rings is 9. The largest absolute Gasteiger partial charge is 0.743 e. The number of ether oxygens (including phenoxy) is 6. The van der Waals surface area contributed by atoms with Crippen molar-refractivity contribution in [1.29, 1.82) is 0 Å². The molecule has 0 N–H and O–H groups in total. The van der Waals surface area contributed by atoms with Crippen molar-refractivity contribution in [2.75, 3.05) is 13.2 Å². The van der Waals surface area contributed by atoms with Crippen LogP contribution in [-0.4, -0.2) is 134 Å². The smallest absolute Gasteiger partial charge is 0.432 e. The Hall–Kier alpha value is -10.7. The molecule has 0 radical (unpaired) electrons. The van der Waals surface area contributed by atoms with Crippen LogP contribution in [0.5, 0.6) is 5.75 Å². The second-order valence-electron chi connectivity index (χ2n) is 34.0. The van der Waals surface area contributed by atoms with E-state index in [2.05, 4.69) is 277 Å². The van der Waals surface area contributed by atoms with Crippen molar-refractivity contribution in [3.63, 3.8) is 0 Å². The molecule has 8 saturated carbocycles. The SMILES string of the molecule is C=C(C)C(=O)OC(C)C(F)(F)S(=O)(=O)[O-].C=C(C)C(=O)OC12CC3CC(C1)CC(C(=O)OC(C(F)(F)F)C(F)(F)S(=O)(=O)[O-])(C3)C2.C=C(C)C(=O)OCCOc1ccc([S+](c2ccccc2)c2ccccc2)cc1.O=C(OC(C(F)(F)F)C(F)(F)S(=O)(=O)[O-])C12CC3CC(CC(C3)C1)C2.c1ccc([S+](c2ccccc2)c2ccccc2)cc1.c1ccc([S+](c2ccccc2)c2ccccc2)cc1. The third-order valence-corrected chi connectivity index (χ3v) is 32.6. The fraction of sp³-hybridized carbons (Fsp3) is 0.343. The lowest BCUT2D eigenvalue weighted by Crippen LogP contribution is -2.61. The van der Waals surface area contributed by atoms with Crippen molar-refractivity contribution >= 4 is 92.9 Å². The predicted octanol–water partition coefficient (Wildman–Crippen LogP) is 21.3. The summed E-state index contributed by atoms with van der Waals surface area (Å²) in [6.45, 7) is 15.4. The maximum atomic E-state index is 13.8. The second-order valence-corrected chi connectivity index (χ2v) is 44.4. The van der Waals surface area contributed by atoms with Crippen LogP contribution >= 0.6 is 0 Å². The summed E-state index contributed by atoms with van der Waals surface area (Å²) in [6, 6.07) is 93.4. The Bertz CT molecular complexity index is 5590. The maximum absolute atomic E-state index is 13.8. The van der Waals surface area contributed by atoms with E-state index in [4.69, 9.17) is 14.2 Å². The van der Waals surface area contributed by atoms with Gasteiger partial charge in [0.15, 0.2) is 80.5 Å². The normalized spacial score (nSPS) is 20.9. The van der Waals surface area contributed by atoms with E-state index in [-0.39, 0.29) is 119 Å². The van der Waals surface area contributed by atoms with Crippen LogP contribution in [0.25, 0.3) is 0 Å². The van der Waals surface area contributed by atoms with Gasteiger partial charge in [0.05, 0.1) is 43.5 Å². The van der Waals surface area contributed by atoms with Gasteiger partial charge in [-0.2, -0.15) is 52.7 Å². The molecule has 8 fully saturated rings. The number of hydrogen-bond acceptors (Lipinski definition) is 20. The van der Waals surface area contributed by atoms with E-state index in [0.717, 1.165) is 25.0 Å². The molecule has 0 heterocycles. The molecule has 17 rings (SSSR count). The first-order valence-electron chi connectivity index (χ1n) is 42.7. The lowest BCUT2D eigenvalue weighted by Gasteiger charge is -2.59. The van der Waals surface area contributed by atoms with Gasteiger partial charge in [0.1, 0.15) is 24.6 Å². The minimum Gasteiger partial charge on any atom is -0.743 e. The Labute approximate surface area is 795 Å². The number of alkyl halides is 12. The number of carbonyl (C=O) groups is 5. The highest BCUT2D eigenvalue weighted by Crippen LogP contribution is 2.65. The minimum atomic E-state index is -6.78. The highest BCUT2D eigenvalue weighted by Gasteiger charge is 2.69. The molecule has 38 heteroatoms. The van der Waals surface area contributed by atoms with Gasteiger partial charge in [-0.1, -0.05) is 165 Å². The predicted molar refractivity (Wildman–Crippen MR) is 483 cm³/mol. The van der Waals surface area contributed by atoms with Crippen molar-refractivity contribution in [2.45, 2.75) is 201 Å². The molecule has 9 aromatic rings. The third-order valence-electron chi connectivity index (χ3n) is 23.2.